The van der Waals surface area contributed by atoms with Crippen molar-refractivity contribution in [3.63, 3.8) is 0 Å². The van der Waals surface area contributed by atoms with Crippen molar-refractivity contribution in [2.45, 2.75) is 32.4 Å². The fourth-order valence-electron chi connectivity index (χ4n) is 1.16. The summed E-state index contributed by atoms with van der Waals surface area (Å²) in [5.41, 5.74) is -0.468. The number of carbonyl (C=O) groups is 1. The molecule has 0 aromatic carbocycles. The van der Waals surface area contributed by atoms with E-state index >= 15 is 0 Å². The van der Waals surface area contributed by atoms with Gasteiger partial charge in [0.15, 0.2) is 0 Å². The Kier molecular flexibility index (Phi) is 3.66. The highest BCUT2D eigenvalue weighted by Gasteiger charge is 2.31. The Bertz CT molecular complexity index is 215. The van der Waals surface area contributed by atoms with Crippen molar-refractivity contribution in [2.24, 2.45) is 0 Å². The van der Waals surface area contributed by atoms with Gasteiger partial charge in [-0.2, -0.15) is 0 Å². The number of ether oxygens (including phenoxy) is 1. The zero-order valence-electron chi connectivity index (χ0n) is 8.82. The highest BCUT2D eigenvalue weighted by Crippen LogP contribution is 2.22. The molecular weight excluding hydrogens is 202 g/mol. The maximum absolute atomic E-state index is 11.6. The molecule has 0 saturated carbocycles. The van der Waals surface area contributed by atoms with Crippen LogP contribution in [0.3, 0.4) is 0 Å². The van der Waals surface area contributed by atoms with Gasteiger partial charge in [0.25, 0.3) is 0 Å². The zero-order valence-corrected chi connectivity index (χ0v) is 9.63. The molecule has 5 heteroatoms. The average molecular weight is 219 g/mol. The van der Waals surface area contributed by atoms with Gasteiger partial charge >= 0.3 is 6.09 Å². The van der Waals surface area contributed by atoms with E-state index in [2.05, 4.69) is 0 Å². The summed E-state index contributed by atoms with van der Waals surface area (Å²) >= 11 is 1.63. The molecule has 1 aliphatic heterocycles. The topological polar surface area (TPSA) is 49.8 Å². The van der Waals surface area contributed by atoms with Gasteiger partial charge in [0.05, 0.1) is 18.5 Å². The summed E-state index contributed by atoms with van der Waals surface area (Å²) in [7, 11) is 0. The summed E-state index contributed by atoms with van der Waals surface area (Å²) in [6.07, 6.45) is -0.332. The number of rotatable bonds is 1. The highest BCUT2D eigenvalue weighted by atomic mass is 32.2. The minimum absolute atomic E-state index is 0.00619. The molecule has 4 nitrogen and oxygen atoms in total. The van der Waals surface area contributed by atoms with Gasteiger partial charge in [0.2, 0.25) is 0 Å². The number of aliphatic hydroxyl groups is 1. The van der Waals surface area contributed by atoms with Crippen molar-refractivity contribution in [1.29, 1.82) is 0 Å². The number of hydrogen-bond acceptors (Lipinski definition) is 4. The lowest BCUT2D eigenvalue weighted by Gasteiger charge is -2.27. The van der Waals surface area contributed by atoms with E-state index < -0.39 is 5.60 Å². The van der Waals surface area contributed by atoms with E-state index in [9.17, 15) is 4.79 Å². The smallest absolute Gasteiger partial charge is 0.411 e. The third-order valence-corrected chi connectivity index (χ3v) is 2.90. The maximum atomic E-state index is 11.6. The molecule has 1 atom stereocenters. The van der Waals surface area contributed by atoms with Crippen LogP contribution in [-0.4, -0.2) is 46.0 Å². The van der Waals surface area contributed by atoms with E-state index in [1.165, 1.54) is 0 Å². The lowest BCUT2D eigenvalue weighted by molar-refractivity contribution is 0.0191. The third-order valence-electron chi connectivity index (χ3n) is 1.82. The average Bonchev–Trinajstić information content (AvgIpc) is 2.47. The SMILES string of the molecule is CC(C)(C)OC(=O)N1CSCC1CO. The van der Waals surface area contributed by atoms with Gasteiger partial charge in [-0.25, -0.2) is 4.79 Å². The van der Waals surface area contributed by atoms with Gasteiger partial charge < -0.3 is 9.84 Å². The molecule has 1 heterocycles. The first-order valence-electron chi connectivity index (χ1n) is 4.62. The van der Waals surface area contributed by atoms with E-state index in [-0.39, 0.29) is 18.7 Å². The second-order valence-corrected chi connectivity index (χ2v) is 5.29. The summed E-state index contributed by atoms with van der Waals surface area (Å²) in [6.45, 7) is 5.51. The summed E-state index contributed by atoms with van der Waals surface area (Å²) in [5.74, 6) is 1.40. The molecule has 0 aliphatic carbocycles. The Labute approximate surface area is 88.6 Å². The van der Waals surface area contributed by atoms with Crippen molar-refractivity contribution in [1.82, 2.24) is 4.90 Å². The van der Waals surface area contributed by atoms with E-state index in [1.54, 1.807) is 16.7 Å². The Morgan fingerprint density at radius 2 is 2.29 bits per heavy atom. The van der Waals surface area contributed by atoms with Gasteiger partial charge in [0, 0.05) is 5.75 Å². The van der Waals surface area contributed by atoms with E-state index in [1.807, 2.05) is 20.8 Å². The molecule has 1 aliphatic rings. The van der Waals surface area contributed by atoms with Crippen LogP contribution < -0.4 is 0 Å². The summed E-state index contributed by atoms with van der Waals surface area (Å²) in [6, 6.07) is -0.0881. The molecule has 1 saturated heterocycles. The van der Waals surface area contributed by atoms with Gasteiger partial charge in [-0.3, -0.25) is 4.90 Å². The second-order valence-electron chi connectivity index (χ2n) is 4.29. The number of hydrogen-bond donors (Lipinski definition) is 1. The van der Waals surface area contributed by atoms with Crippen LogP contribution in [0.15, 0.2) is 0 Å². The molecule has 0 radical (unpaired) electrons. The highest BCUT2D eigenvalue weighted by molar-refractivity contribution is 7.99. The van der Waals surface area contributed by atoms with E-state index in [4.69, 9.17) is 9.84 Å². The van der Waals surface area contributed by atoms with Crippen LogP contribution in [0, 0.1) is 0 Å². The largest absolute Gasteiger partial charge is 0.444 e. The van der Waals surface area contributed by atoms with Gasteiger partial charge in [-0.1, -0.05) is 0 Å². The van der Waals surface area contributed by atoms with Crippen molar-refractivity contribution in [3.8, 4) is 0 Å². The number of amides is 1. The number of nitrogens with zero attached hydrogens (tertiary/aromatic N) is 1. The van der Waals surface area contributed by atoms with Crippen LogP contribution in [0.2, 0.25) is 0 Å². The lowest BCUT2D eigenvalue weighted by atomic mass is 10.2. The van der Waals surface area contributed by atoms with Gasteiger partial charge in [-0.05, 0) is 20.8 Å². The predicted octanol–water partition coefficient (Wildman–Crippen LogP) is 1.29. The van der Waals surface area contributed by atoms with Crippen molar-refractivity contribution in [3.05, 3.63) is 0 Å². The molecule has 1 fully saturated rings. The Morgan fingerprint density at radius 1 is 1.64 bits per heavy atom. The number of aliphatic hydroxyl groups excluding tert-OH is 1. The molecule has 1 amide bonds. The zero-order chi connectivity index (χ0) is 10.8. The molecule has 1 N–H and O–H groups in total. The third kappa shape index (κ3) is 3.06. The fraction of sp³-hybridized carbons (Fsp3) is 0.889. The van der Waals surface area contributed by atoms with Gasteiger partial charge in [-0.15, -0.1) is 11.8 Å². The number of carbonyl (C=O) groups excluding carboxylic acids is 1. The van der Waals surface area contributed by atoms with E-state index in [0.717, 1.165) is 5.75 Å². The predicted molar refractivity (Wildman–Crippen MR) is 56.3 cm³/mol. The quantitative estimate of drug-likeness (QED) is 0.722. The Balaban J connectivity index is 2.52. The van der Waals surface area contributed by atoms with Crippen molar-refractivity contribution < 1.29 is 14.6 Å². The van der Waals surface area contributed by atoms with Crippen LogP contribution in [-0.2, 0) is 4.74 Å². The van der Waals surface area contributed by atoms with Gasteiger partial charge in [0.1, 0.15) is 5.60 Å². The number of thioether (sulfide) groups is 1. The van der Waals surface area contributed by atoms with Crippen LogP contribution in [0.1, 0.15) is 20.8 Å². The molecule has 1 unspecified atom stereocenters. The Morgan fingerprint density at radius 3 is 2.79 bits per heavy atom. The Hall–Kier alpha value is -0.420. The summed E-state index contributed by atoms with van der Waals surface area (Å²) < 4.78 is 5.22. The molecule has 0 spiro atoms. The molecular formula is C9H17NO3S. The molecule has 0 aromatic heterocycles. The molecule has 82 valence electrons. The first-order chi connectivity index (χ1) is 6.44. The second kappa shape index (κ2) is 4.40. The summed E-state index contributed by atoms with van der Waals surface area (Å²) in [4.78, 5) is 13.2. The first-order valence-corrected chi connectivity index (χ1v) is 5.78. The van der Waals surface area contributed by atoms with Crippen LogP contribution in [0.25, 0.3) is 0 Å². The van der Waals surface area contributed by atoms with E-state index in [0.29, 0.717) is 5.88 Å². The lowest BCUT2D eigenvalue weighted by Crippen LogP contribution is -2.42. The van der Waals surface area contributed by atoms with Crippen molar-refractivity contribution >= 4 is 17.9 Å². The minimum atomic E-state index is -0.468. The monoisotopic (exact) mass is 219 g/mol. The van der Waals surface area contributed by atoms with Crippen molar-refractivity contribution in [2.75, 3.05) is 18.2 Å². The van der Waals surface area contributed by atoms with Crippen LogP contribution in [0.5, 0.6) is 0 Å². The molecule has 0 bridgehead atoms. The fourth-order valence-corrected chi connectivity index (χ4v) is 2.33. The minimum Gasteiger partial charge on any atom is -0.444 e. The molecule has 0 aromatic rings. The molecule has 14 heavy (non-hydrogen) atoms. The normalized spacial score (nSPS) is 22.6. The van der Waals surface area contributed by atoms with Crippen LogP contribution >= 0.6 is 11.8 Å². The van der Waals surface area contributed by atoms with Crippen LogP contribution in [0.4, 0.5) is 4.79 Å². The molecule has 1 rings (SSSR count). The maximum Gasteiger partial charge on any atom is 0.411 e. The first kappa shape index (κ1) is 11.7. The standard InChI is InChI=1S/C9H17NO3S/c1-9(2,3)13-8(12)10-6-14-5-7(10)4-11/h7,11H,4-6H2,1-3H3. The summed E-state index contributed by atoms with van der Waals surface area (Å²) in [5, 5.41) is 9.02.